The molecule has 0 aliphatic carbocycles. The first-order valence-corrected chi connectivity index (χ1v) is 9.41. The predicted molar refractivity (Wildman–Crippen MR) is 104 cm³/mol. The molecule has 1 aromatic carbocycles. The van der Waals surface area contributed by atoms with Crippen LogP contribution in [0.4, 0.5) is 0 Å². The van der Waals surface area contributed by atoms with E-state index in [-0.39, 0.29) is 11.8 Å². The number of carbonyl (C=O) groups is 2. The minimum absolute atomic E-state index is 0.0236. The number of amides is 2. The van der Waals surface area contributed by atoms with Crippen LogP contribution in [0.15, 0.2) is 36.7 Å². The van der Waals surface area contributed by atoms with E-state index < -0.39 is 0 Å². The van der Waals surface area contributed by atoms with E-state index in [9.17, 15) is 9.59 Å². The molecule has 1 aliphatic rings. The number of methoxy groups -OCH3 is 1. The second kappa shape index (κ2) is 8.29. The normalized spacial score (nSPS) is 14.8. The lowest BCUT2D eigenvalue weighted by molar-refractivity contribution is 0.0717. The molecule has 144 valence electrons. The van der Waals surface area contributed by atoms with Crippen molar-refractivity contribution < 1.29 is 14.3 Å². The van der Waals surface area contributed by atoms with Crippen LogP contribution in [0.25, 0.3) is 0 Å². The van der Waals surface area contributed by atoms with E-state index >= 15 is 0 Å². The van der Waals surface area contributed by atoms with Crippen molar-refractivity contribution >= 4 is 11.8 Å². The van der Waals surface area contributed by atoms with E-state index in [4.69, 9.17) is 4.74 Å². The van der Waals surface area contributed by atoms with Crippen molar-refractivity contribution in [2.24, 2.45) is 7.05 Å². The largest absolute Gasteiger partial charge is 0.496 e. The average Bonchev–Trinajstić information content (AvgIpc) is 2.98. The molecule has 1 aromatic heterocycles. The van der Waals surface area contributed by atoms with Gasteiger partial charge in [-0.3, -0.25) is 9.59 Å². The van der Waals surface area contributed by atoms with Crippen LogP contribution < -0.4 is 4.74 Å². The van der Waals surface area contributed by atoms with Gasteiger partial charge in [0.05, 0.1) is 18.2 Å². The number of carbonyl (C=O) groups excluding carboxylic acids is 2. The summed E-state index contributed by atoms with van der Waals surface area (Å²) < 4.78 is 7.26. The molecule has 27 heavy (non-hydrogen) atoms. The smallest absolute Gasteiger partial charge is 0.257 e. The molecule has 6 nitrogen and oxygen atoms in total. The highest BCUT2D eigenvalue weighted by Crippen LogP contribution is 2.23. The summed E-state index contributed by atoms with van der Waals surface area (Å²) in [6.45, 7) is 4.42. The molecule has 6 heteroatoms. The van der Waals surface area contributed by atoms with Crippen molar-refractivity contribution in [3.8, 4) is 5.75 Å². The lowest BCUT2D eigenvalue weighted by Gasteiger charge is -2.23. The van der Waals surface area contributed by atoms with Gasteiger partial charge in [-0.25, -0.2) is 0 Å². The van der Waals surface area contributed by atoms with Crippen LogP contribution in [0.2, 0.25) is 0 Å². The molecule has 2 amide bonds. The number of aryl methyl sites for hydroxylation is 2. The Hall–Kier alpha value is -2.76. The third-order valence-corrected chi connectivity index (χ3v) is 5.05. The van der Waals surface area contributed by atoms with Gasteiger partial charge < -0.3 is 19.1 Å². The fraction of sp³-hybridized carbons (Fsp3) is 0.429. The minimum Gasteiger partial charge on any atom is -0.496 e. The quantitative estimate of drug-likeness (QED) is 0.832. The van der Waals surface area contributed by atoms with E-state index in [1.54, 1.807) is 7.11 Å². The summed E-state index contributed by atoms with van der Waals surface area (Å²) >= 11 is 0. The van der Waals surface area contributed by atoms with Gasteiger partial charge >= 0.3 is 0 Å². The first-order chi connectivity index (χ1) is 13.0. The summed E-state index contributed by atoms with van der Waals surface area (Å²) in [5.74, 6) is 0.588. The van der Waals surface area contributed by atoms with Crippen molar-refractivity contribution in [1.29, 1.82) is 0 Å². The Labute approximate surface area is 160 Å². The molecule has 1 fully saturated rings. The maximum Gasteiger partial charge on any atom is 0.257 e. The first kappa shape index (κ1) is 19.0. The van der Waals surface area contributed by atoms with Crippen molar-refractivity contribution in [1.82, 2.24) is 14.4 Å². The zero-order valence-electron chi connectivity index (χ0n) is 16.3. The Kier molecular flexibility index (Phi) is 5.84. The lowest BCUT2D eigenvalue weighted by Crippen LogP contribution is -2.37. The third-order valence-electron chi connectivity index (χ3n) is 5.05. The summed E-state index contributed by atoms with van der Waals surface area (Å²) in [5, 5.41) is 0. The highest BCUT2D eigenvalue weighted by molar-refractivity contribution is 5.97. The standard InChI is InChI=1S/C21H27N3O3/c1-4-16-6-7-19(27-3)18(14-16)21(26)24-10-5-9-23(12-13-24)20(25)17-8-11-22(2)15-17/h6-8,11,14-15H,4-5,9-10,12-13H2,1-3H3. The minimum atomic E-state index is -0.0313. The maximum atomic E-state index is 13.1. The molecular weight excluding hydrogens is 342 g/mol. The van der Waals surface area contributed by atoms with Gasteiger partial charge in [0, 0.05) is 45.6 Å². The number of nitrogens with zero attached hydrogens (tertiary/aromatic N) is 3. The molecule has 0 radical (unpaired) electrons. The Morgan fingerprint density at radius 2 is 1.74 bits per heavy atom. The van der Waals surface area contributed by atoms with Crippen LogP contribution in [0.3, 0.4) is 0 Å². The zero-order valence-corrected chi connectivity index (χ0v) is 16.3. The van der Waals surface area contributed by atoms with Crippen molar-refractivity contribution in [2.45, 2.75) is 19.8 Å². The molecule has 0 saturated carbocycles. The summed E-state index contributed by atoms with van der Waals surface area (Å²) in [6, 6.07) is 7.59. The fourth-order valence-electron chi connectivity index (χ4n) is 3.45. The second-order valence-electron chi connectivity index (χ2n) is 6.89. The summed E-state index contributed by atoms with van der Waals surface area (Å²) in [5.41, 5.74) is 2.39. The Bertz CT molecular complexity index is 828. The van der Waals surface area contributed by atoms with E-state index in [1.807, 2.05) is 58.1 Å². The van der Waals surface area contributed by atoms with Gasteiger partial charge in [0.1, 0.15) is 5.75 Å². The Morgan fingerprint density at radius 1 is 1.04 bits per heavy atom. The fourth-order valence-corrected chi connectivity index (χ4v) is 3.45. The molecule has 0 atom stereocenters. The van der Waals surface area contributed by atoms with E-state index in [0.717, 1.165) is 18.4 Å². The van der Waals surface area contributed by atoms with E-state index in [0.29, 0.717) is 43.1 Å². The number of rotatable bonds is 4. The molecule has 2 aromatic rings. The predicted octanol–water partition coefficient (Wildman–Crippen LogP) is 2.58. The molecular formula is C21H27N3O3. The van der Waals surface area contributed by atoms with Crippen LogP contribution in [-0.4, -0.2) is 59.5 Å². The number of hydrogen-bond acceptors (Lipinski definition) is 3. The molecule has 1 saturated heterocycles. The molecule has 3 rings (SSSR count). The third kappa shape index (κ3) is 4.15. The molecule has 2 heterocycles. The van der Waals surface area contributed by atoms with Gasteiger partial charge in [-0.15, -0.1) is 0 Å². The van der Waals surface area contributed by atoms with Crippen LogP contribution >= 0.6 is 0 Å². The molecule has 0 spiro atoms. The Balaban J connectivity index is 1.72. The maximum absolute atomic E-state index is 13.1. The Morgan fingerprint density at radius 3 is 2.33 bits per heavy atom. The highest BCUT2D eigenvalue weighted by Gasteiger charge is 2.25. The first-order valence-electron chi connectivity index (χ1n) is 9.41. The number of benzene rings is 1. The van der Waals surface area contributed by atoms with Crippen LogP contribution in [-0.2, 0) is 13.5 Å². The zero-order chi connectivity index (χ0) is 19.4. The second-order valence-corrected chi connectivity index (χ2v) is 6.89. The van der Waals surface area contributed by atoms with Crippen LogP contribution in [0.5, 0.6) is 5.75 Å². The number of hydrogen-bond donors (Lipinski definition) is 0. The topological polar surface area (TPSA) is 54.8 Å². The number of aromatic nitrogens is 1. The number of ether oxygens (including phenoxy) is 1. The van der Waals surface area contributed by atoms with Gasteiger partial charge in [0.2, 0.25) is 0 Å². The van der Waals surface area contributed by atoms with Gasteiger partial charge in [0.25, 0.3) is 11.8 Å². The van der Waals surface area contributed by atoms with Crippen LogP contribution in [0.1, 0.15) is 39.6 Å². The SMILES string of the molecule is CCc1ccc(OC)c(C(=O)N2CCCN(C(=O)c3ccn(C)c3)CC2)c1. The highest BCUT2D eigenvalue weighted by atomic mass is 16.5. The lowest BCUT2D eigenvalue weighted by atomic mass is 10.1. The molecule has 0 unspecified atom stereocenters. The average molecular weight is 369 g/mol. The van der Waals surface area contributed by atoms with Gasteiger partial charge in [-0.1, -0.05) is 13.0 Å². The summed E-state index contributed by atoms with van der Waals surface area (Å²) in [7, 11) is 3.48. The summed E-state index contributed by atoms with van der Waals surface area (Å²) in [6.07, 6.45) is 5.33. The molecule has 1 aliphatic heterocycles. The van der Waals surface area contributed by atoms with Gasteiger partial charge in [-0.05, 0) is 36.6 Å². The molecule has 0 bridgehead atoms. The van der Waals surface area contributed by atoms with Crippen molar-refractivity contribution in [3.63, 3.8) is 0 Å². The monoisotopic (exact) mass is 369 g/mol. The van der Waals surface area contributed by atoms with E-state index in [1.165, 1.54) is 0 Å². The van der Waals surface area contributed by atoms with Gasteiger partial charge in [-0.2, -0.15) is 0 Å². The van der Waals surface area contributed by atoms with Crippen LogP contribution in [0, 0.1) is 0 Å². The van der Waals surface area contributed by atoms with Gasteiger partial charge in [0.15, 0.2) is 0 Å². The van der Waals surface area contributed by atoms with Crippen molar-refractivity contribution in [3.05, 3.63) is 53.3 Å². The van der Waals surface area contributed by atoms with Crippen molar-refractivity contribution in [2.75, 3.05) is 33.3 Å². The summed E-state index contributed by atoms with van der Waals surface area (Å²) in [4.78, 5) is 29.4. The van der Waals surface area contributed by atoms with E-state index in [2.05, 4.69) is 6.92 Å². The molecule has 0 N–H and O–H groups in total.